The number of ketones is 1. The molecule has 0 saturated carbocycles. The Morgan fingerprint density at radius 2 is 1.20 bits per heavy atom. The van der Waals surface area contributed by atoms with Gasteiger partial charge in [0.05, 0.1) is 14.2 Å². The Kier molecular flexibility index (Phi) is 4.20. The van der Waals surface area contributed by atoms with E-state index >= 15 is 0 Å². The Bertz CT molecular complexity index is 552. The first-order valence-electron chi connectivity index (χ1n) is 6.18. The van der Waals surface area contributed by atoms with Gasteiger partial charge < -0.3 is 9.47 Å². The predicted octanol–water partition coefficient (Wildman–Crippen LogP) is 3.60. The molecule has 0 aliphatic rings. The van der Waals surface area contributed by atoms with Crippen LogP contribution >= 0.6 is 0 Å². The van der Waals surface area contributed by atoms with Crippen LogP contribution in [0.5, 0.6) is 11.5 Å². The SMILES string of the molecule is C=C(C(=O)c1ccc(OC)cc1)c1ccc(OC)cc1. The van der Waals surface area contributed by atoms with Crippen LogP contribution in [-0.4, -0.2) is 20.0 Å². The first kappa shape index (κ1) is 13.9. The monoisotopic (exact) mass is 268 g/mol. The average molecular weight is 268 g/mol. The smallest absolute Gasteiger partial charge is 0.193 e. The lowest BCUT2D eigenvalue weighted by atomic mass is 9.98. The van der Waals surface area contributed by atoms with E-state index in [1.165, 1.54) is 0 Å². The molecule has 102 valence electrons. The van der Waals surface area contributed by atoms with Crippen molar-refractivity contribution in [3.05, 3.63) is 66.2 Å². The van der Waals surface area contributed by atoms with E-state index in [0.29, 0.717) is 11.1 Å². The molecule has 20 heavy (non-hydrogen) atoms. The van der Waals surface area contributed by atoms with Gasteiger partial charge in [-0.25, -0.2) is 0 Å². The summed E-state index contributed by atoms with van der Waals surface area (Å²) in [7, 11) is 3.19. The molecular formula is C17H16O3. The molecule has 0 N–H and O–H groups in total. The maximum absolute atomic E-state index is 12.3. The molecule has 0 unspecified atom stereocenters. The molecule has 0 aliphatic heterocycles. The van der Waals surface area contributed by atoms with Crippen molar-refractivity contribution in [2.45, 2.75) is 0 Å². The van der Waals surface area contributed by atoms with E-state index in [9.17, 15) is 4.79 Å². The lowest BCUT2D eigenvalue weighted by molar-refractivity contribution is 0.105. The minimum atomic E-state index is -0.0992. The van der Waals surface area contributed by atoms with Crippen LogP contribution < -0.4 is 9.47 Å². The summed E-state index contributed by atoms with van der Waals surface area (Å²) in [6, 6.07) is 14.2. The summed E-state index contributed by atoms with van der Waals surface area (Å²) in [6.07, 6.45) is 0. The van der Waals surface area contributed by atoms with Gasteiger partial charge in [-0.15, -0.1) is 0 Å². The Balaban J connectivity index is 2.20. The molecule has 0 heterocycles. The summed E-state index contributed by atoms with van der Waals surface area (Å²) in [5.41, 5.74) is 1.83. The summed E-state index contributed by atoms with van der Waals surface area (Å²) >= 11 is 0. The third-order valence-corrected chi connectivity index (χ3v) is 3.06. The highest BCUT2D eigenvalue weighted by Crippen LogP contribution is 2.22. The van der Waals surface area contributed by atoms with Gasteiger partial charge in [0.2, 0.25) is 0 Å². The van der Waals surface area contributed by atoms with Gasteiger partial charge in [-0.05, 0) is 42.0 Å². The summed E-state index contributed by atoms with van der Waals surface area (Å²) in [5.74, 6) is 1.37. The maximum Gasteiger partial charge on any atom is 0.193 e. The van der Waals surface area contributed by atoms with Gasteiger partial charge in [0, 0.05) is 11.1 Å². The highest BCUT2D eigenvalue weighted by atomic mass is 16.5. The van der Waals surface area contributed by atoms with Crippen LogP contribution in [0.4, 0.5) is 0 Å². The Morgan fingerprint density at radius 3 is 1.60 bits per heavy atom. The number of carbonyl (C=O) groups is 1. The topological polar surface area (TPSA) is 35.5 Å². The predicted molar refractivity (Wildman–Crippen MR) is 79.4 cm³/mol. The van der Waals surface area contributed by atoms with Crippen molar-refractivity contribution in [2.24, 2.45) is 0 Å². The fourth-order valence-electron chi connectivity index (χ4n) is 1.84. The van der Waals surface area contributed by atoms with E-state index in [-0.39, 0.29) is 5.78 Å². The molecule has 2 aromatic carbocycles. The molecule has 3 heteroatoms. The molecular weight excluding hydrogens is 252 g/mol. The largest absolute Gasteiger partial charge is 0.497 e. The Labute approximate surface area is 118 Å². The fraction of sp³-hybridized carbons (Fsp3) is 0.118. The molecule has 0 aliphatic carbocycles. The van der Waals surface area contributed by atoms with Gasteiger partial charge in [-0.3, -0.25) is 4.79 Å². The van der Waals surface area contributed by atoms with Crippen LogP contribution in [0.2, 0.25) is 0 Å². The van der Waals surface area contributed by atoms with E-state index in [1.807, 2.05) is 24.3 Å². The minimum absolute atomic E-state index is 0.0992. The average Bonchev–Trinajstić information content (AvgIpc) is 2.53. The second-order valence-electron chi connectivity index (χ2n) is 4.26. The fourth-order valence-corrected chi connectivity index (χ4v) is 1.84. The van der Waals surface area contributed by atoms with Gasteiger partial charge in [0.15, 0.2) is 5.78 Å². The zero-order valence-electron chi connectivity index (χ0n) is 11.6. The van der Waals surface area contributed by atoms with Crippen molar-refractivity contribution in [2.75, 3.05) is 14.2 Å². The number of Topliss-reactive ketones (excluding diaryl/α,β-unsaturated/α-hetero) is 1. The summed E-state index contributed by atoms with van der Waals surface area (Å²) in [5, 5.41) is 0. The van der Waals surface area contributed by atoms with Gasteiger partial charge in [-0.2, -0.15) is 0 Å². The van der Waals surface area contributed by atoms with Gasteiger partial charge in [-0.1, -0.05) is 18.7 Å². The lowest BCUT2D eigenvalue weighted by Gasteiger charge is -2.07. The van der Waals surface area contributed by atoms with Crippen molar-refractivity contribution >= 4 is 11.4 Å². The zero-order valence-corrected chi connectivity index (χ0v) is 11.6. The van der Waals surface area contributed by atoms with E-state index in [0.717, 1.165) is 17.1 Å². The molecule has 0 aromatic heterocycles. The number of benzene rings is 2. The Hall–Kier alpha value is -2.55. The quantitative estimate of drug-likeness (QED) is 0.614. The summed E-state index contributed by atoms with van der Waals surface area (Å²) < 4.78 is 10.2. The molecule has 0 fully saturated rings. The van der Waals surface area contributed by atoms with Crippen molar-refractivity contribution in [1.82, 2.24) is 0 Å². The molecule has 0 amide bonds. The molecule has 0 saturated heterocycles. The number of rotatable bonds is 5. The van der Waals surface area contributed by atoms with Gasteiger partial charge >= 0.3 is 0 Å². The van der Waals surface area contributed by atoms with Crippen molar-refractivity contribution < 1.29 is 14.3 Å². The van der Waals surface area contributed by atoms with Gasteiger partial charge in [0.25, 0.3) is 0 Å². The summed E-state index contributed by atoms with van der Waals surface area (Å²) in [6.45, 7) is 3.88. The van der Waals surface area contributed by atoms with Crippen LogP contribution in [0.25, 0.3) is 5.57 Å². The van der Waals surface area contributed by atoms with Crippen LogP contribution in [0.3, 0.4) is 0 Å². The molecule has 2 rings (SSSR count). The number of ether oxygens (including phenoxy) is 2. The van der Waals surface area contributed by atoms with Crippen LogP contribution in [-0.2, 0) is 0 Å². The number of hydrogen-bond donors (Lipinski definition) is 0. The highest BCUT2D eigenvalue weighted by Gasteiger charge is 2.12. The third kappa shape index (κ3) is 2.88. The van der Waals surface area contributed by atoms with E-state index in [2.05, 4.69) is 6.58 Å². The number of methoxy groups -OCH3 is 2. The zero-order chi connectivity index (χ0) is 14.5. The van der Waals surface area contributed by atoms with E-state index in [1.54, 1.807) is 38.5 Å². The van der Waals surface area contributed by atoms with Crippen molar-refractivity contribution in [3.63, 3.8) is 0 Å². The second kappa shape index (κ2) is 6.06. The maximum atomic E-state index is 12.3. The lowest BCUT2D eigenvalue weighted by Crippen LogP contribution is -2.01. The first-order valence-corrected chi connectivity index (χ1v) is 6.18. The van der Waals surface area contributed by atoms with Gasteiger partial charge in [0.1, 0.15) is 11.5 Å². The standard InChI is InChI=1S/C17H16O3/c1-12(13-4-8-15(19-2)9-5-13)17(18)14-6-10-16(20-3)11-7-14/h4-11H,1H2,2-3H3. The normalized spacial score (nSPS) is 9.90. The van der Waals surface area contributed by atoms with Crippen LogP contribution in [0.15, 0.2) is 55.1 Å². The molecule has 3 nitrogen and oxygen atoms in total. The van der Waals surface area contributed by atoms with Crippen molar-refractivity contribution in [3.8, 4) is 11.5 Å². The van der Waals surface area contributed by atoms with Crippen LogP contribution in [0.1, 0.15) is 15.9 Å². The van der Waals surface area contributed by atoms with E-state index < -0.39 is 0 Å². The first-order chi connectivity index (χ1) is 9.65. The molecule has 0 radical (unpaired) electrons. The third-order valence-electron chi connectivity index (χ3n) is 3.06. The van der Waals surface area contributed by atoms with Crippen LogP contribution in [0, 0.1) is 0 Å². The Morgan fingerprint density at radius 1 is 0.800 bits per heavy atom. The number of hydrogen-bond acceptors (Lipinski definition) is 3. The molecule has 0 bridgehead atoms. The second-order valence-corrected chi connectivity index (χ2v) is 4.26. The molecule has 2 aromatic rings. The highest BCUT2D eigenvalue weighted by molar-refractivity contribution is 6.28. The van der Waals surface area contributed by atoms with E-state index in [4.69, 9.17) is 9.47 Å². The minimum Gasteiger partial charge on any atom is -0.497 e. The van der Waals surface area contributed by atoms with Crippen molar-refractivity contribution in [1.29, 1.82) is 0 Å². The number of carbonyl (C=O) groups excluding carboxylic acids is 1. The molecule has 0 atom stereocenters. The number of allylic oxidation sites excluding steroid dienone is 1. The summed E-state index contributed by atoms with van der Waals surface area (Å²) in [4.78, 5) is 12.3. The molecule has 0 spiro atoms.